The number of benzene rings is 1. The van der Waals surface area contributed by atoms with Crippen molar-refractivity contribution in [3.63, 3.8) is 0 Å². The van der Waals surface area contributed by atoms with Crippen LogP contribution in [0.5, 0.6) is 0 Å². The minimum Gasteiger partial charge on any atom is -0.390 e. The second kappa shape index (κ2) is 15.2. The topological polar surface area (TPSA) is 90.5 Å². The molecule has 0 radical (unpaired) electrons. The van der Waals surface area contributed by atoms with E-state index in [9.17, 15) is 14.7 Å². The lowest BCUT2D eigenvalue weighted by molar-refractivity contribution is -0.129. The molecule has 34 heavy (non-hydrogen) atoms. The van der Waals surface area contributed by atoms with Gasteiger partial charge in [-0.15, -0.1) is 0 Å². The third-order valence-electron chi connectivity index (χ3n) is 6.87. The Kier molecular flexibility index (Phi) is 12.6. The van der Waals surface area contributed by atoms with E-state index in [1.807, 2.05) is 0 Å². The molecule has 1 aliphatic heterocycles. The molecule has 1 aromatic carbocycles. The molecule has 0 aliphatic carbocycles. The predicted octanol–water partition coefficient (Wildman–Crippen LogP) is 4.41. The van der Waals surface area contributed by atoms with Gasteiger partial charge in [0.05, 0.1) is 12.1 Å². The van der Waals surface area contributed by atoms with Gasteiger partial charge in [-0.3, -0.25) is 9.59 Å². The van der Waals surface area contributed by atoms with Crippen molar-refractivity contribution in [1.29, 1.82) is 0 Å². The molecule has 1 heterocycles. The van der Waals surface area contributed by atoms with Crippen LogP contribution in [0.15, 0.2) is 24.3 Å². The minimum atomic E-state index is -0.707. The third-order valence-corrected chi connectivity index (χ3v) is 6.87. The van der Waals surface area contributed by atoms with E-state index in [2.05, 4.69) is 61.0 Å². The van der Waals surface area contributed by atoms with Gasteiger partial charge in [-0.1, -0.05) is 83.6 Å². The maximum Gasteiger partial charge on any atom is 0.242 e. The second-order valence-electron chi connectivity index (χ2n) is 10.5. The van der Waals surface area contributed by atoms with Gasteiger partial charge in [-0.05, 0) is 42.7 Å². The highest BCUT2D eigenvalue weighted by atomic mass is 16.3. The van der Waals surface area contributed by atoms with Crippen LogP contribution in [0.2, 0.25) is 0 Å². The van der Waals surface area contributed by atoms with Gasteiger partial charge in [0.2, 0.25) is 11.8 Å². The van der Waals surface area contributed by atoms with Crippen LogP contribution in [0.3, 0.4) is 0 Å². The molecule has 2 amide bonds. The lowest BCUT2D eigenvalue weighted by Gasteiger charge is -2.28. The Balaban J connectivity index is 1.98. The zero-order valence-electron chi connectivity index (χ0n) is 21.7. The Hall–Kier alpha value is -1.92. The maximum atomic E-state index is 12.8. The number of nitrogens with one attached hydrogen (secondary N) is 3. The molecule has 192 valence electrons. The monoisotopic (exact) mass is 473 g/mol. The van der Waals surface area contributed by atoms with Gasteiger partial charge in [-0.25, -0.2) is 0 Å². The highest BCUT2D eigenvalue weighted by Gasteiger charge is 2.26. The van der Waals surface area contributed by atoms with Gasteiger partial charge >= 0.3 is 0 Å². The molecule has 2 rings (SSSR count). The number of rotatable bonds is 6. The SMILES string of the molecule is CC(C)c1cccc(CNCC(O)C2C[C@H](C)CCCCCCCCC(=O)N[C@@H](C)C(=O)N2)c1. The van der Waals surface area contributed by atoms with Crippen molar-refractivity contribution in [1.82, 2.24) is 16.0 Å². The Morgan fingerprint density at radius 2 is 1.74 bits per heavy atom. The minimum absolute atomic E-state index is 0.0782. The summed E-state index contributed by atoms with van der Waals surface area (Å²) >= 11 is 0. The van der Waals surface area contributed by atoms with Crippen LogP contribution in [0, 0.1) is 5.92 Å². The van der Waals surface area contributed by atoms with Gasteiger partial charge in [0, 0.05) is 19.5 Å². The number of hydrogen-bond donors (Lipinski definition) is 4. The van der Waals surface area contributed by atoms with E-state index in [1.165, 1.54) is 30.4 Å². The summed E-state index contributed by atoms with van der Waals surface area (Å²) in [5.41, 5.74) is 2.49. The lowest BCUT2D eigenvalue weighted by Crippen LogP contribution is -2.53. The molecule has 0 spiro atoms. The molecular formula is C28H47N3O3. The van der Waals surface area contributed by atoms with Crippen molar-refractivity contribution in [3.05, 3.63) is 35.4 Å². The first-order valence-electron chi connectivity index (χ1n) is 13.3. The zero-order chi connectivity index (χ0) is 24.9. The van der Waals surface area contributed by atoms with Crippen LogP contribution in [-0.4, -0.2) is 41.7 Å². The number of aliphatic hydroxyl groups is 1. The zero-order valence-corrected chi connectivity index (χ0v) is 21.7. The summed E-state index contributed by atoms with van der Waals surface area (Å²) in [4.78, 5) is 25.0. The van der Waals surface area contributed by atoms with E-state index in [4.69, 9.17) is 0 Å². The Morgan fingerprint density at radius 3 is 2.47 bits per heavy atom. The lowest BCUT2D eigenvalue weighted by atomic mass is 9.92. The highest BCUT2D eigenvalue weighted by molar-refractivity contribution is 5.87. The normalized spacial score (nSPS) is 24.9. The molecule has 1 aromatic rings. The van der Waals surface area contributed by atoms with Crippen LogP contribution in [-0.2, 0) is 16.1 Å². The number of amides is 2. The fourth-order valence-electron chi connectivity index (χ4n) is 4.60. The van der Waals surface area contributed by atoms with E-state index in [0.29, 0.717) is 31.3 Å². The first-order valence-corrected chi connectivity index (χ1v) is 13.3. The summed E-state index contributed by atoms with van der Waals surface area (Å²) < 4.78 is 0. The first kappa shape index (κ1) is 28.3. The quantitative estimate of drug-likeness (QED) is 0.493. The Bertz CT molecular complexity index is 752. The molecule has 1 saturated heterocycles. The van der Waals surface area contributed by atoms with Crippen molar-refractivity contribution in [2.75, 3.05) is 6.54 Å². The maximum absolute atomic E-state index is 12.8. The largest absolute Gasteiger partial charge is 0.390 e. The van der Waals surface area contributed by atoms with Gasteiger partial charge in [0.15, 0.2) is 0 Å². The van der Waals surface area contributed by atoms with E-state index < -0.39 is 12.1 Å². The fraction of sp³-hybridized carbons (Fsp3) is 0.714. The summed E-state index contributed by atoms with van der Waals surface area (Å²) in [6.07, 6.45) is 8.22. The number of aliphatic hydroxyl groups excluding tert-OH is 1. The Morgan fingerprint density at radius 1 is 1.03 bits per heavy atom. The van der Waals surface area contributed by atoms with E-state index in [-0.39, 0.29) is 17.9 Å². The number of carbonyl (C=O) groups excluding carboxylic acids is 2. The van der Waals surface area contributed by atoms with Gasteiger partial charge in [0.25, 0.3) is 0 Å². The van der Waals surface area contributed by atoms with E-state index in [0.717, 1.165) is 32.1 Å². The van der Waals surface area contributed by atoms with Gasteiger partial charge < -0.3 is 21.1 Å². The Labute approximate surface area is 206 Å². The second-order valence-corrected chi connectivity index (χ2v) is 10.5. The summed E-state index contributed by atoms with van der Waals surface area (Å²) in [5.74, 6) is 0.565. The van der Waals surface area contributed by atoms with Crippen molar-refractivity contribution in [2.24, 2.45) is 5.92 Å². The van der Waals surface area contributed by atoms with Gasteiger partial charge in [-0.2, -0.15) is 0 Å². The molecule has 6 heteroatoms. The summed E-state index contributed by atoms with van der Waals surface area (Å²) in [5, 5.41) is 20.2. The molecule has 1 fully saturated rings. The van der Waals surface area contributed by atoms with Crippen LogP contribution in [0.1, 0.15) is 103 Å². The molecule has 0 aromatic heterocycles. The van der Waals surface area contributed by atoms with Crippen molar-refractivity contribution >= 4 is 11.8 Å². The molecule has 2 unspecified atom stereocenters. The molecule has 0 bridgehead atoms. The molecule has 1 aliphatic rings. The average Bonchev–Trinajstić information content (AvgIpc) is 2.79. The smallest absolute Gasteiger partial charge is 0.242 e. The van der Waals surface area contributed by atoms with Crippen LogP contribution >= 0.6 is 0 Å². The van der Waals surface area contributed by atoms with E-state index in [1.54, 1.807) is 6.92 Å². The first-order chi connectivity index (χ1) is 16.3. The summed E-state index contributed by atoms with van der Waals surface area (Å²) in [7, 11) is 0. The highest BCUT2D eigenvalue weighted by Crippen LogP contribution is 2.19. The number of carbonyl (C=O) groups is 2. The van der Waals surface area contributed by atoms with Crippen LogP contribution in [0.25, 0.3) is 0 Å². The standard InChI is InChI=1S/C28H47N3O3/c1-20(2)24-14-11-13-23(17-24)18-29-19-26(32)25-16-21(3)12-9-7-5-6-8-10-15-27(33)30-22(4)28(34)31-25/h11,13-14,17,20-22,25-26,29,32H,5-10,12,15-16,18-19H2,1-4H3,(H,30,33)(H,31,34)/t21-,22+,25?,26?/m1/s1. The van der Waals surface area contributed by atoms with Crippen LogP contribution < -0.4 is 16.0 Å². The van der Waals surface area contributed by atoms with E-state index >= 15 is 0 Å². The average molecular weight is 474 g/mol. The predicted molar refractivity (Wildman–Crippen MR) is 138 cm³/mol. The molecule has 0 saturated carbocycles. The van der Waals surface area contributed by atoms with Crippen molar-refractivity contribution in [3.8, 4) is 0 Å². The molecular weight excluding hydrogens is 426 g/mol. The van der Waals surface area contributed by atoms with Crippen molar-refractivity contribution < 1.29 is 14.7 Å². The summed E-state index contributed by atoms with van der Waals surface area (Å²) in [6, 6.07) is 7.53. The third kappa shape index (κ3) is 10.6. The van der Waals surface area contributed by atoms with Gasteiger partial charge in [0.1, 0.15) is 6.04 Å². The van der Waals surface area contributed by atoms with Crippen LogP contribution in [0.4, 0.5) is 0 Å². The fourth-order valence-corrected chi connectivity index (χ4v) is 4.60. The van der Waals surface area contributed by atoms with Crippen molar-refractivity contribution in [2.45, 2.75) is 116 Å². The number of hydrogen-bond acceptors (Lipinski definition) is 4. The molecule has 4 N–H and O–H groups in total. The molecule has 4 atom stereocenters. The summed E-state index contributed by atoms with van der Waals surface area (Å²) in [6.45, 7) is 9.33. The molecule has 6 nitrogen and oxygen atoms in total.